The number of hydrogen-bond acceptors (Lipinski definition) is 4. The molecular formula is C30H32ClFN6. The van der Waals surface area contributed by atoms with Crippen molar-refractivity contribution >= 4 is 34.1 Å². The Balaban J connectivity index is 1.66. The summed E-state index contributed by atoms with van der Waals surface area (Å²) in [6.07, 6.45) is 17.4. The Bertz CT molecular complexity index is 1530. The van der Waals surface area contributed by atoms with Crippen LogP contribution in [0.1, 0.15) is 51.3 Å². The lowest BCUT2D eigenvalue weighted by molar-refractivity contribution is 0.637. The van der Waals surface area contributed by atoms with Crippen molar-refractivity contribution in [1.29, 1.82) is 0 Å². The molecular weight excluding hydrogens is 499 g/mol. The minimum absolute atomic E-state index is 0.270. The van der Waals surface area contributed by atoms with Gasteiger partial charge >= 0.3 is 0 Å². The molecule has 4 aromatic rings. The molecule has 0 spiro atoms. The van der Waals surface area contributed by atoms with Gasteiger partial charge in [0, 0.05) is 47.9 Å². The van der Waals surface area contributed by atoms with Crippen molar-refractivity contribution in [3.63, 3.8) is 0 Å². The van der Waals surface area contributed by atoms with Gasteiger partial charge < -0.3 is 9.88 Å². The number of allylic oxidation sites excluding steroid dienone is 6. The highest BCUT2D eigenvalue weighted by atomic mass is 35.5. The van der Waals surface area contributed by atoms with Gasteiger partial charge in [0.05, 0.1) is 34.3 Å². The Morgan fingerprint density at radius 3 is 2.74 bits per heavy atom. The van der Waals surface area contributed by atoms with Gasteiger partial charge in [-0.2, -0.15) is 5.10 Å². The van der Waals surface area contributed by atoms with Crippen LogP contribution in [-0.2, 0) is 13.0 Å². The first-order valence-electron chi connectivity index (χ1n) is 13.1. The van der Waals surface area contributed by atoms with Gasteiger partial charge in [0.1, 0.15) is 5.82 Å². The first-order valence-corrected chi connectivity index (χ1v) is 13.5. The number of benzene rings is 1. The maximum Gasteiger partial charge on any atom is 0.225 e. The lowest BCUT2D eigenvalue weighted by atomic mass is 9.98. The summed E-state index contributed by atoms with van der Waals surface area (Å²) in [6, 6.07) is 5.32. The van der Waals surface area contributed by atoms with Crippen LogP contribution in [0.15, 0.2) is 66.7 Å². The quantitative estimate of drug-likeness (QED) is 0.237. The summed E-state index contributed by atoms with van der Waals surface area (Å²) in [4.78, 5) is 14.1. The normalized spacial score (nSPS) is 14.6. The Morgan fingerprint density at radius 2 is 1.97 bits per heavy atom. The van der Waals surface area contributed by atoms with Gasteiger partial charge in [-0.05, 0) is 43.5 Å². The summed E-state index contributed by atoms with van der Waals surface area (Å²) in [5.74, 6) is 0.362. The van der Waals surface area contributed by atoms with Gasteiger partial charge in [-0.15, -0.1) is 0 Å². The minimum atomic E-state index is -0.270. The van der Waals surface area contributed by atoms with E-state index < -0.39 is 0 Å². The third-order valence-corrected chi connectivity index (χ3v) is 7.21. The minimum Gasteiger partial charge on any atom is -0.359 e. The second-order valence-electron chi connectivity index (χ2n) is 9.46. The van der Waals surface area contributed by atoms with Crippen molar-refractivity contribution in [2.24, 2.45) is 0 Å². The summed E-state index contributed by atoms with van der Waals surface area (Å²) >= 11 is 6.03. The summed E-state index contributed by atoms with van der Waals surface area (Å²) in [6.45, 7) is 7.79. The maximum absolute atomic E-state index is 14.7. The number of fused-ring (bicyclic) bond motifs is 2. The van der Waals surface area contributed by atoms with E-state index in [1.165, 1.54) is 11.6 Å². The summed E-state index contributed by atoms with van der Waals surface area (Å²) in [5, 5.41) is 6.46. The fourth-order valence-corrected chi connectivity index (χ4v) is 5.10. The monoisotopic (exact) mass is 530 g/mol. The first-order chi connectivity index (χ1) is 18.5. The van der Waals surface area contributed by atoms with Gasteiger partial charge in [0.15, 0.2) is 0 Å². The molecule has 1 aliphatic heterocycles. The number of anilines is 1. The summed E-state index contributed by atoms with van der Waals surface area (Å²) in [7, 11) is 0. The molecule has 0 saturated carbocycles. The molecule has 1 aromatic carbocycles. The van der Waals surface area contributed by atoms with Crippen molar-refractivity contribution in [3.05, 3.63) is 88.8 Å². The third-order valence-electron chi connectivity index (χ3n) is 7.01. The van der Waals surface area contributed by atoms with E-state index in [1.54, 1.807) is 18.6 Å². The Hall–Kier alpha value is -3.71. The summed E-state index contributed by atoms with van der Waals surface area (Å²) < 4.78 is 16.7. The zero-order valence-electron chi connectivity index (χ0n) is 22.0. The van der Waals surface area contributed by atoms with Crippen LogP contribution in [-0.4, -0.2) is 31.3 Å². The van der Waals surface area contributed by atoms with Gasteiger partial charge in [-0.25, -0.2) is 19.0 Å². The number of H-pyrrole nitrogens is 1. The number of halogens is 2. The van der Waals surface area contributed by atoms with Crippen molar-refractivity contribution in [2.75, 3.05) is 11.4 Å². The van der Waals surface area contributed by atoms with Crippen LogP contribution in [0, 0.1) is 5.82 Å². The first kappa shape index (κ1) is 25.9. The average molecular weight is 531 g/mol. The molecule has 5 rings (SSSR count). The highest BCUT2D eigenvalue weighted by Crippen LogP contribution is 2.38. The van der Waals surface area contributed by atoms with Gasteiger partial charge in [0.2, 0.25) is 5.95 Å². The number of hydrogen-bond donors (Lipinski definition) is 1. The van der Waals surface area contributed by atoms with Crippen molar-refractivity contribution < 1.29 is 4.39 Å². The predicted octanol–water partition coefficient (Wildman–Crippen LogP) is 7.73. The molecule has 0 aliphatic carbocycles. The summed E-state index contributed by atoms with van der Waals surface area (Å²) in [5.41, 5.74) is 6.80. The molecule has 8 heteroatoms. The predicted molar refractivity (Wildman–Crippen MR) is 154 cm³/mol. The van der Waals surface area contributed by atoms with Crippen molar-refractivity contribution in [2.45, 2.75) is 53.0 Å². The zero-order chi connectivity index (χ0) is 26.6. The number of nitrogens with zero attached hydrogens (tertiary/aromatic N) is 5. The number of unbranched alkanes of at least 4 members (excludes halogenated alkanes) is 1. The lowest BCUT2D eigenvalue weighted by Crippen LogP contribution is -2.31. The number of aromatic nitrogens is 5. The van der Waals surface area contributed by atoms with Gasteiger partial charge in [0.25, 0.3) is 0 Å². The van der Waals surface area contributed by atoms with Crippen LogP contribution in [0.3, 0.4) is 0 Å². The highest BCUT2D eigenvalue weighted by Gasteiger charge is 2.29. The Labute approximate surface area is 227 Å². The molecule has 0 amide bonds. The molecule has 0 atom stereocenters. The largest absolute Gasteiger partial charge is 0.359 e. The second kappa shape index (κ2) is 11.4. The number of rotatable bonds is 8. The van der Waals surface area contributed by atoms with E-state index in [2.05, 4.69) is 69.6 Å². The van der Waals surface area contributed by atoms with E-state index in [0.717, 1.165) is 65.8 Å². The van der Waals surface area contributed by atoms with E-state index in [0.29, 0.717) is 23.0 Å². The van der Waals surface area contributed by atoms with Crippen molar-refractivity contribution in [1.82, 2.24) is 24.7 Å². The van der Waals surface area contributed by atoms with E-state index >= 15 is 0 Å². The second-order valence-corrected chi connectivity index (χ2v) is 9.90. The topological polar surface area (TPSA) is 62.6 Å². The van der Waals surface area contributed by atoms with Crippen LogP contribution in [0.2, 0.25) is 5.02 Å². The molecule has 0 fully saturated rings. The Kier molecular flexibility index (Phi) is 7.74. The molecule has 0 bridgehead atoms. The third kappa shape index (κ3) is 5.03. The molecule has 0 radical (unpaired) electrons. The highest BCUT2D eigenvalue weighted by molar-refractivity contribution is 6.30. The average Bonchev–Trinajstić information content (AvgIpc) is 3.57. The standard InChI is InChI=1S/C30H32ClFN6/c1-4-6-7-8-9-10-21(5-2)20(3)38-29(24-11-12-26(32)28-23(24)13-15-33-28)25-19-37(16-14-27(25)36-38)30-34-17-22(31)18-35-30/h7-13,15,17-18,33H,4-6,14,16,19H2,1-3H3/b8-7+,10-9-,21-20+. The molecule has 1 aliphatic rings. The molecule has 0 unspecified atom stereocenters. The Morgan fingerprint density at radius 1 is 1.16 bits per heavy atom. The van der Waals surface area contributed by atoms with Crippen LogP contribution in [0.25, 0.3) is 27.9 Å². The molecule has 0 saturated heterocycles. The molecule has 6 nitrogen and oxygen atoms in total. The molecule has 1 N–H and O–H groups in total. The maximum atomic E-state index is 14.7. The fraction of sp³-hybridized carbons (Fsp3) is 0.300. The van der Waals surface area contributed by atoms with Crippen molar-refractivity contribution in [3.8, 4) is 11.3 Å². The fourth-order valence-electron chi connectivity index (χ4n) is 5.00. The van der Waals surface area contributed by atoms with Crippen LogP contribution in [0.5, 0.6) is 0 Å². The number of aromatic amines is 1. The molecule has 4 heterocycles. The lowest BCUT2D eigenvalue weighted by Gasteiger charge is -2.27. The number of nitrogens with one attached hydrogen (secondary N) is 1. The van der Waals surface area contributed by atoms with E-state index in [9.17, 15) is 4.39 Å². The van der Waals surface area contributed by atoms with E-state index in [1.807, 2.05) is 12.1 Å². The van der Waals surface area contributed by atoms with Crippen LogP contribution < -0.4 is 4.90 Å². The SMILES string of the molecule is CCC/C=C/C=C\C(CC)=C(/C)n1nc2c(c1-c1ccc(F)c3[nH]ccc13)CN(c1ncc(Cl)cn1)CC2. The van der Waals surface area contributed by atoms with Gasteiger partial charge in [-0.3, -0.25) is 0 Å². The van der Waals surface area contributed by atoms with Crippen LogP contribution >= 0.6 is 11.6 Å². The molecule has 196 valence electrons. The van der Waals surface area contributed by atoms with E-state index in [4.69, 9.17) is 16.7 Å². The zero-order valence-corrected chi connectivity index (χ0v) is 22.8. The van der Waals surface area contributed by atoms with Crippen LogP contribution in [0.4, 0.5) is 10.3 Å². The smallest absolute Gasteiger partial charge is 0.225 e. The van der Waals surface area contributed by atoms with E-state index in [-0.39, 0.29) is 5.82 Å². The molecule has 38 heavy (non-hydrogen) atoms. The molecule has 3 aromatic heterocycles. The van der Waals surface area contributed by atoms with Gasteiger partial charge in [-0.1, -0.05) is 56.2 Å².